The first kappa shape index (κ1) is 18.7. The van der Waals surface area contributed by atoms with Gasteiger partial charge in [-0.3, -0.25) is 15.1 Å². The number of hydrogen-bond donors (Lipinski definition) is 1. The molecule has 1 aliphatic rings. The SMILES string of the molecule is CCOC(=O)N1CCN(c2ccn3nc(NC(=O)c4cccnc4)nc3c2)CC1. The zero-order valence-electron chi connectivity index (χ0n) is 16.0. The van der Waals surface area contributed by atoms with Gasteiger partial charge in [-0.1, -0.05) is 0 Å². The van der Waals surface area contributed by atoms with Crippen LogP contribution in [0.2, 0.25) is 0 Å². The van der Waals surface area contributed by atoms with Crippen LogP contribution in [0.25, 0.3) is 5.65 Å². The third kappa shape index (κ3) is 4.10. The van der Waals surface area contributed by atoms with Crippen LogP contribution in [0.5, 0.6) is 0 Å². The largest absolute Gasteiger partial charge is 0.450 e. The van der Waals surface area contributed by atoms with Crippen LogP contribution < -0.4 is 10.2 Å². The van der Waals surface area contributed by atoms with Gasteiger partial charge in [-0.05, 0) is 25.1 Å². The molecular formula is C19H21N7O3. The molecule has 29 heavy (non-hydrogen) atoms. The monoisotopic (exact) mass is 395 g/mol. The topological polar surface area (TPSA) is 105 Å². The van der Waals surface area contributed by atoms with Gasteiger partial charge in [0.15, 0.2) is 5.65 Å². The van der Waals surface area contributed by atoms with E-state index in [9.17, 15) is 9.59 Å². The standard InChI is InChI=1S/C19H21N7O3/c1-2-29-19(28)25-10-8-24(9-11-25)15-5-7-26-16(12-15)21-18(23-26)22-17(27)14-4-3-6-20-13-14/h3-7,12-13H,2,8-11H2,1H3,(H,22,23,27). The Morgan fingerprint density at radius 3 is 2.76 bits per heavy atom. The van der Waals surface area contributed by atoms with Gasteiger partial charge in [-0.2, -0.15) is 4.98 Å². The summed E-state index contributed by atoms with van der Waals surface area (Å²) < 4.78 is 6.66. The van der Waals surface area contributed by atoms with Crippen molar-refractivity contribution in [2.45, 2.75) is 6.92 Å². The summed E-state index contributed by atoms with van der Waals surface area (Å²) in [7, 11) is 0. The minimum atomic E-state index is -0.315. The summed E-state index contributed by atoms with van der Waals surface area (Å²) in [6.07, 6.45) is 4.62. The summed E-state index contributed by atoms with van der Waals surface area (Å²) in [4.78, 5) is 36.3. The maximum Gasteiger partial charge on any atom is 0.409 e. The third-order valence-corrected chi connectivity index (χ3v) is 4.64. The summed E-state index contributed by atoms with van der Waals surface area (Å²) in [6, 6.07) is 7.22. The molecule has 150 valence electrons. The molecule has 1 saturated heterocycles. The number of piperazine rings is 1. The lowest BCUT2D eigenvalue weighted by Crippen LogP contribution is -2.49. The number of anilines is 2. The third-order valence-electron chi connectivity index (χ3n) is 4.64. The molecule has 10 nitrogen and oxygen atoms in total. The summed E-state index contributed by atoms with van der Waals surface area (Å²) in [5, 5.41) is 6.97. The molecule has 0 unspecified atom stereocenters. The minimum Gasteiger partial charge on any atom is -0.450 e. The second-order valence-electron chi connectivity index (χ2n) is 6.49. The molecule has 0 aromatic carbocycles. The fourth-order valence-corrected chi connectivity index (χ4v) is 3.15. The van der Waals surface area contributed by atoms with E-state index < -0.39 is 0 Å². The van der Waals surface area contributed by atoms with Gasteiger partial charge in [-0.15, -0.1) is 5.10 Å². The minimum absolute atomic E-state index is 0.225. The molecule has 0 spiro atoms. The number of pyridine rings is 2. The molecule has 4 rings (SSSR count). The van der Waals surface area contributed by atoms with E-state index in [1.54, 1.807) is 40.9 Å². The number of carbonyl (C=O) groups excluding carboxylic acids is 2. The maximum absolute atomic E-state index is 12.2. The van der Waals surface area contributed by atoms with Crippen molar-refractivity contribution < 1.29 is 14.3 Å². The van der Waals surface area contributed by atoms with Gasteiger partial charge in [0.25, 0.3) is 5.91 Å². The number of ether oxygens (including phenoxy) is 1. The first-order valence-electron chi connectivity index (χ1n) is 9.38. The second-order valence-corrected chi connectivity index (χ2v) is 6.49. The predicted molar refractivity (Wildman–Crippen MR) is 106 cm³/mol. The molecule has 1 fully saturated rings. The van der Waals surface area contributed by atoms with Crippen molar-refractivity contribution in [2.75, 3.05) is 43.0 Å². The number of aromatic nitrogens is 4. The van der Waals surface area contributed by atoms with Crippen molar-refractivity contribution in [3.05, 3.63) is 48.4 Å². The molecule has 1 N–H and O–H groups in total. The van der Waals surface area contributed by atoms with Crippen LogP contribution in [0.15, 0.2) is 42.9 Å². The number of fused-ring (bicyclic) bond motifs is 1. The van der Waals surface area contributed by atoms with Crippen LogP contribution >= 0.6 is 0 Å². The van der Waals surface area contributed by atoms with E-state index in [1.807, 2.05) is 12.1 Å². The van der Waals surface area contributed by atoms with E-state index in [0.29, 0.717) is 44.0 Å². The van der Waals surface area contributed by atoms with Crippen molar-refractivity contribution in [1.82, 2.24) is 24.5 Å². The summed E-state index contributed by atoms with van der Waals surface area (Å²) in [6.45, 7) is 4.78. The predicted octanol–water partition coefficient (Wildman–Crippen LogP) is 1.66. The number of carbonyl (C=O) groups is 2. The Balaban J connectivity index is 1.44. The average molecular weight is 395 g/mol. The highest BCUT2D eigenvalue weighted by atomic mass is 16.6. The molecule has 4 heterocycles. The highest BCUT2D eigenvalue weighted by molar-refractivity contribution is 6.03. The molecule has 3 aromatic heterocycles. The Labute approximate surface area is 167 Å². The Bertz CT molecular complexity index is 1010. The van der Waals surface area contributed by atoms with E-state index in [4.69, 9.17) is 4.74 Å². The van der Waals surface area contributed by atoms with Crippen molar-refractivity contribution in [2.24, 2.45) is 0 Å². The summed E-state index contributed by atoms with van der Waals surface area (Å²) >= 11 is 0. The van der Waals surface area contributed by atoms with Crippen LogP contribution in [-0.4, -0.2) is 69.3 Å². The Hall–Kier alpha value is -3.69. The fraction of sp³-hybridized carbons (Fsp3) is 0.316. The molecule has 3 aromatic rings. The van der Waals surface area contributed by atoms with Gasteiger partial charge in [0, 0.05) is 56.5 Å². The van der Waals surface area contributed by atoms with Crippen molar-refractivity contribution in [1.29, 1.82) is 0 Å². The van der Waals surface area contributed by atoms with Gasteiger partial charge in [0.05, 0.1) is 12.2 Å². The van der Waals surface area contributed by atoms with Gasteiger partial charge < -0.3 is 14.5 Å². The highest BCUT2D eigenvalue weighted by Gasteiger charge is 2.22. The normalized spacial score (nSPS) is 14.1. The quantitative estimate of drug-likeness (QED) is 0.716. The van der Waals surface area contributed by atoms with Gasteiger partial charge in [-0.25, -0.2) is 9.31 Å². The molecule has 0 bridgehead atoms. The highest BCUT2D eigenvalue weighted by Crippen LogP contribution is 2.19. The Morgan fingerprint density at radius 1 is 1.21 bits per heavy atom. The van der Waals surface area contributed by atoms with E-state index >= 15 is 0 Å². The molecule has 10 heteroatoms. The number of amides is 2. The lowest BCUT2D eigenvalue weighted by atomic mass is 10.2. The molecule has 1 aliphatic heterocycles. The van der Waals surface area contributed by atoms with E-state index in [1.165, 1.54) is 6.20 Å². The van der Waals surface area contributed by atoms with Crippen LogP contribution in [0.4, 0.5) is 16.4 Å². The number of nitrogens with one attached hydrogen (secondary N) is 1. The average Bonchev–Trinajstić information content (AvgIpc) is 3.16. The number of nitrogens with zero attached hydrogens (tertiary/aromatic N) is 6. The van der Waals surface area contributed by atoms with Gasteiger partial charge >= 0.3 is 6.09 Å². The second kappa shape index (κ2) is 8.13. The Morgan fingerprint density at radius 2 is 2.03 bits per heavy atom. The summed E-state index contributed by atoms with van der Waals surface area (Å²) in [5.41, 5.74) is 2.04. The smallest absolute Gasteiger partial charge is 0.409 e. The summed E-state index contributed by atoms with van der Waals surface area (Å²) in [5.74, 6) is -0.0903. The van der Waals surface area contributed by atoms with Crippen molar-refractivity contribution >= 4 is 29.3 Å². The lowest BCUT2D eigenvalue weighted by molar-refractivity contribution is 0.102. The fourth-order valence-electron chi connectivity index (χ4n) is 3.15. The van der Waals surface area contributed by atoms with Crippen LogP contribution in [-0.2, 0) is 4.74 Å². The van der Waals surface area contributed by atoms with Gasteiger partial charge in [0.1, 0.15) is 0 Å². The maximum atomic E-state index is 12.2. The van der Waals surface area contributed by atoms with Gasteiger partial charge in [0.2, 0.25) is 5.95 Å². The van der Waals surface area contributed by atoms with Crippen molar-refractivity contribution in [3.63, 3.8) is 0 Å². The molecule has 2 amide bonds. The zero-order valence-corrected chi connectivity index (χ0v) is 16.0. The number of rotatable bonds is 4. The van der Waals surface area contributed by atoms with Crippen LogP contribution in [0, 0.1) is 0 Å². The lowest BCUT2D eigenvalue weighted by Gasteiger charge is -2.35. The van der Waals surface area contributed by atoms with Crippen LogP contribution in [0.1, 0.15) is 17.3 Å². The number of hydrogen-bond acceptors (Lipinski definition) is 7. The molecule has 0 radical (unpaired) electrons. The van der Waals surface area contributed by atoms with E-state index in [0.717, 1.165) is 5.69 Å². The van der Waals surface area contributed by atoms with E-state index in [2.05, 4.69) is 25.3 Å². The first-order chi connectivity index (χ1) is 14.1. The van der Waals surface area contributed by atoms with Crippen LogP contribution in [0.3, 0.4) is 0 Å². The molecule has 0 saturated carbocycles. The van der Waals surface area contributed by atoms with E-state index in [-0.39, 0.29) is 17.9 Å². The molecule has 0 aliphatic carbocycles. The first-order valence-corrected chi connectivity index (χ1v) is 9.38. The Kier molecular flexibility index (Phi) is 5.23. The molecule has 0 atom stereocenters. The zero-order chi connectivity index (χ0) is 20.2. The molecular weight excluding hydrogens is 374 g/mol. The van der Waals surface area contributed by atoms with Crippen molar-refractivity contribution in [3.8, 4) is 0 Å².